The summed E-state index contributed by atoms with van der Waals surface area (Å²) in [6.45, 7) is 2.13. The van der Waals surface area contributed by atoms with Crippen molar-refractivity contribution in [1.29, 1.82) is 0 Å². The Morgan fingerprint density at radius 2 is 2.42 bits per heavy atom. The summed E-state index contributed by atoms with van der Waals surface area (Å²) in [6.07, 6.45) is 5.76. The van der Waals surface area contributed by atoms with Gasteiger partial charge >= 0.3 is 0 Å². The molecule has 0 bridgehead atoms. The van der Waals surface area contributed by atoms with Gasteiger partial charge < -0.3 is 4.42 Å². The summed E-state index contributed by atoms with van der Waals surface area (Å²) >= 11 is 1.68. The number of aryl methyl sites for hydroxylation is 1. The van der Waals surface area contributed by atoms with Gasteiger partial charge in [0.25, 0.3) is 0 Å². The largest absolute Gasteiger partial charge is 0.463 e. The molecule has 3 aromatic heterocycles. The van der Waals surface area contributed by atoms with Gasteiger partial charge in [-0.25, -0.2) is 9.97 Å². The molecule has 0 radical (unpaired) electrons. The molecule has 0 aliphatic carbocycles. The molecule has 0 spiro atoms. The van der Waals surface area contributed by atoms with Crippen LogP contribution < -0.4 is 5.43 Å². The molecule has 3 rings (SSSR count). The molecule has 3 heterocycles. The van der Waals surface area contributed by atoms with Crippen LogP contribution in [0.25, 0.3) is 10.2 Å². The Bertz CT molecular complexity index is 703. The Hall–Kier alpha value is -2.21. The molecule has 6 heteroatoms. The third kappa shape index (κ3) is 2.48. The Labute approximate surface area is 114 Å². The van der Waals surface area contributed by atoms with Crippen LogP contribution in [0.4, 0.5) is 5.82 Å². The zero-order valence-corrected chi connectivity index (χ0v) is 11.1. The first kappa shape index (κ1) is 11.9. The minimum absolute atomic E-state index is 0.692. The molecule has 0 saturated heterocycles. The summed E-state index contributed by atoms with van der Waals surface area (Å²) in [6, 6.07) is 5.75. The number of hydrogen-bond donors (Lipinski definition) is 1. The van der Waals surface area contributed by atoms with E-state index in [-0.39, 0.29) is 0 Å². The summed E-state index contributed by atoms with van der Waals surface area (Å²) in [7, 11) is 0. The average molecular weight is 272 g/mol. The fraction of sp³-hybridized carbons (Fsp3) is 0.154. The first-order chi connectivity index (χ1) is 9.36. The number of rotatable bonds is 4. The van der Waals surface area contributed by atoms with Crippen molar-refractivity contribution in [2.75, 3.05) is 5.43 Å². The number of hydrazone groups is 1. The number of hydrogen-bond acceptors (Lipinski definition) is 6. The van der Waals surface area contributed by atoms with Crippen LogP contribution in [0.5, 0.6) is 0 Å². The topological polar surface area (TPSA) is 63.3 Å². The van der Waals surface area contributed by atoms with E-state index in [9.17, 15) is 0 Å². The van der Waals surface area contributed by atoms with E-state index in [1.165, 1.54) is 4.88 Å². The van der Waals surface area contributed by atoms with Gasteiger partial charge in [-0.2, -0.15) is 5.10 Å². The maximum atomic E-state index is 5.16. The van der Waals surface area contributed by atoms with Crippen molar-refractivity contribution >= 4 is 33.6 Å². The van der Waals surface area contributed by atoms with Crippen LogP contribution in [0.1, 0.15) is 17.6 Å². The van der Waals surface area contributed by atoms with E-state index >= 15 is 0 Å². The number of thiophene rings is 1. The highest BCUT2D eigenvalue weighted by Gasteiger charge is 2.06. The molecule has 0 unspecified atom stereocenters. The minimum Gasteiger partial charge on any atom is -0.463 e. The van der Waals surface area contributed by atoms with Crippen molar-refractivity contribution in [3.8, 4) is 0 Å². The number of anilines is 1. The molecule has 5 nitrogen and oxygen atoms in total. The summed E-state index contributed by atoms with van der Waals surface area (Å²) in [5, 5.41) is 5.12. The fourth-order valence-electron chi connectivity index (χ4n) is 1.69. The van der Waals surface area contributed by atoms with E-state index in [4.69, 9.17) is 4.42 Å². The smallest absolute Gasteiger partial charge is 0.158 e. The molecule has 3 aromatic rings. The van der Waals surface area contributed by atoms with Crippen LogP contribution in [-0.2, 0) is 6.42 Å². The summed E-state index contributed by atoms with van der Waals surface area (Å²) in [5.41, 5.74) is 2.93. The predicted octanol–water partition coefficient (Wildman–Crippen LogP) is 3.29. The number of furan rings is 1. The van der Waals surface area contributed by atoms with Crippen LogP contribution in [0.3, 0.4) is 0 Å². The van der Waals surface area contributed by atoms with E-state index in [1.54, 1.807) is 30.1 Å². The minimum atomic E-state index is 0.692. The second-order valence-electron chi connectivity index (χ2n) is 3.89. The standard InChI is InChI=1S/C13H12N4OS/c1-2-10-6-11-12(14-8-15-13(11)19-10)17-16-7-9-4-3-5-18-9/h3-8H,2H2,1H3,(H,14,15,17)/b16-7-. The Kier molecular flexibility index (Phi) is 3.24. The normalized spacial score (nSPS) is 11.4. The fourth-order valence-corrected chi connectivity index (χ4v) is 2.63. The van der Waals surface area contributed by atoms with Gasteiger partial charge in [0, 0.05) is 4.88 Å². The quantitative estimate of drug-likeness (QED) is 0.584. The Balaban J connectivity index is 1.86. The third-order valence-corrected chi connectivity index (χ3v) is 3.82. The second-order valence-corrected chi connectivity index (χ2v) is 5.01. The van der Waals surface area contributed by atoms with Gasteiger partial charge in [0.2, 0.25) is 0 Å². The number of aromatic nitrogens is 2. The van der Waals surface area contributed by atoms with E-state index in [1.807, 2.05) is 12.1 Å². The maximum absolute atomic E-state index is 5.16. The van der Waals surface area contributed by atoms with Crippen LogP contribution in [0.2, 0.25) is 0 Å². The number of nitrogens with zero attached hydrogens (tertiary/aromatic N) is 3. The van der Waals surface area contributed by atoms with Crippen molar-refractivity contribution < 1.29 is 4.42 Å². The van der Waals surface area contributed by atoms with Crippen molar-refractivity contribution in [2.24, 2.45) is 5.10 Å². The van der Waals surface area contributed by atoms with Crippen molar-refractivity contribution in [2.45, 2.75) is 13.3 Å². The molecule has 1 N–H and O–H groups in total. The van der Waals surface area contributed by atoms with Gasteiger partial charge in [-0.05, 0) is 24.6 Å². The Morgan fingerprint density at radius 1 is 1.47 bits per heavy atom. The lowest BCUT2D eigenvalue weighted by atomic mass is 10.3. The van der Waals surface area contributed by atoms with Crippen LogP contribution >= 0.6 is 11.3 Å². The molecule has 0 aliphatic rings. The molecular weight excluding hydrogens is 260 g/mol. The van der Waals surface area contributed by atoms with Crippen LogP contribution in [-0.4, -0.2) is 16.2 Å². The lowest BCUT2D eigenvalue weighted by Gasteiger charge is -1.99. The van der Waals surface area contributed by atoms with E-state index in [0.717, 1.165) is 16.6 Å². The predicted molar refractivity (Wildman–Crippen MR) is 76.7 cm³/mol. The Morgan fingerprint density at radius 3 is 3.21 bits per heavy atom. The second kappa shape index (κ2) is 5.19. The van der Waals surface area contributed by atoms with E-state index in [0.29, 0.717) is 11.6 Å². The van der Waals surface area contributed by atoms with Gasteiger partial charge in [0.15, 0.2) is 5.82 Å². The highest BCUT2D eigenvalue weighted by Crippen LogP contribution is 2.28. The summed E-state index contributed by atoms with van der Waals surface area (Å²) in [4.78, 5) is 10.7. The molecular formula is C13H12N4OS. The van der Waals surface area contributed by atoms with E-state index in [2.05, 4.69) is 33.5 Å². The molecule has 0 aliphatic heterocycles. The number of fused-ring (bicyclic) bond motifs is 1. The molecule has 96 valence electrons. The maximum Gasteiger partial charge on any atom is 0.158 e. The first-order valence-electron chi connectivity index (χ1n) is 5.93. The molecule has 0 amide bonds. The van der Waals surface area contributed by atoms with Gasteiger partial charge in [-0.1, -0.05) is 6.92 Å². The van der Waals surface area contributed by atoms with Gasteiger partial charge in [0.05, 0.1) is 17.9 Å². The monoisotopic (exact) mass is 272 g/mol. The van der Waals surface area contributed by atoms with Crippen LogP contribution in [0, 0.1) is 0 Å². The average Bonchev–Trinajstić information content (AvgIpc) is 3.07. The highest BCUT2D eigenvalue weighted by molar-refractivity contribution is 7.18. The zero-order chi connectivity index (χ0) is 13.1. The van der Waals surface area contributed by atoms with Gasteiger partial charge in [-0.3, -0.25) is 5.43 Å². The number of nitrogens with one attached hydrogen (secondary N) is 1. The molecule has 0 fully saturated rings. The lowest BCUT2D eigenvalue weighted by Crippen LogP contribution is -1.94. The van der Waals surface area contributed by atoms with Crippen molar-refractivity contribution in [3.63, 3.8) is 0 Å². The molecule has 0 atom stereocenters. The van der Waals surface area contributed by atoms with Crippen molar-refractivity contribution in [3.05, 3.63) is 41.4 Å². The SMILES string of the molecule is CCc1cc2c(N/N=C\c3ccco3)ncnc2s1. The van der Waals surface area contributed by atoms with Gasteiger partial charge in [0.1, 0.15) is 16.9 Å². The van der Waals surface area contributed by atoms with Crippen LogP contribution in [0.15, 0.2) is 40.3 Å². The third-order valence-electron chi connectivity index (χ3n) is 2.63. The van der Waals surface area contributed by atoms with Crippen molar-refractivity contribution in [1.82, 2.24) is 9.97 Å². The lowest BCUT2D eigenvalue weighted by molar-refractivity contribution is 0.560. The van der Waals surface area contributed by atoms with Gasteiger partial charge in [-0.15, -0.1) is 11.3 Å². The first-order valence-corrected chi connectivity index (χ1v) is 6.74. The highest BCUT2D eigenvalue weighted by atomic mass is 32.1. The molecule has 19 heavy (non-hydrogen) atoms. The summed E-state index contributed by atoms with van der Waals surface area (Å²) in [5.74, 6) is 1.40. The summed E-state index contributed by atoms with van der Waals surface area (Å²) < 4.78 is 5.16. The molecule has 0 saturated carbocycles. The zero-order valence-electron chi connectivity index (χ0n) is 10.3. The molecule has 0 aromatic carbocycles. The van der Waals surface area contributed by atoms with E-state index < -0.39 is 0 Å².